The molecule has 0 aliphatic carbocycles. The first kappa shape index (κ1) is 35.3. The van der Waals surface area contributed by atoms with Crippen molar-refractivity contribution in [1.29, 1.82) is 0 Å². The molecule has 0 spiro atoms. The van der Waals surface area contributed by atoms with E-state index in [1.54, 1.807) is 0 Å². The molecule has 0 fully saturated rings. The molecule has 8 aromatic rings. The van der Waals surface area contributed by atoms with Gasteiger partial charge in [-0.2, -0.15) is 0 Å². The number of aromatic amines is 1. The Morgan fingerprint density at radius 1 is 0.386 bits per heavy atom. The molecular weight excluding hydrogens is 832 g/mol. The van der Waals surface area contributed by atoms with Gasteiger partial charge in [-0.3, -0.25) is 0 Å². The van der Waals surface area contributed by atoms with Gasteiger partial charge >= 0.3 is 345 Å². The molecule has 2 aliphatic rings. The van der Waals surface area contributed by atoms with Crippen LogP contribution in [0.4, 0.5) is 0 Å². The van der Waals surface area contributed by atoms with Gasteiger partial charge in [-0.05, 0) is 0 Å². The Morgan fingerprint density at radius 2 is 0.719 bits per heavy atom. The maximum absolute atomic E-state index is 5.56. The van der Waals surface area contributed by atoms with Crippen LogP contribution in [0, 0.1) is 0 Å². The second-order valence-electron chi connectivity index (χ2n) is 14.6. The van der Waals surface area contributed by atoms with Crippen LogP contribution < -0.4 is 18.3 Å². The fourth-order valence-corrected chi connectivity index (χ4v) is 12.7. The molecule has 1 N–H and O–H groups in total. The van der Waals surface area contributed by atoms with Gasteiger partial charge in [0.2, 0.25) is 0 Å². The number of pyridine rings is 4. The summed E-state index contributed by atoms with van der Waals surface area (Å²) in [5.41, 5.74) is 15.3. The van der Waals surface area contributed by atoms with E-state index in [0.29, 0.717) is 0 Å². The zero-order chi connectivity index (χ0) is 38.6. The topological polar surface area (TPSA) is 57.1 Å². The number of rotatable bonds is 4. The van der Waals surface area contributed by atoms with Crippen molar-refractivity contribution >= 4 is 81.4 Å². The Hall–Kier alpha value is -6.08. The first-order valence-electron chi connectivity index (χ1n) is 18.8. The molecule has 0 aromatic carbocycles. The van der Waals surface area contributed by atoms with E-state index < -0.39 is 0 Å². The van der Waals surface area contributed by atoms with Gasteiger partial charge in [0.15, 0.2) is 0 Å². The second kappa shape index (κ2) is 14.5. The minimum atomic E-state index is -0.0282. The molecule has 0 radical (unpaired) electrons. The normalized spacial score (nSPS) is 12.1. The van der Waals surface area contributed by atoms with Gasteiger partial charge < -0.3 is 0 Å². The monoisotopic (exact) mass is 873 g/mol. The van der Waals surface area contributed by atoms with E-state index in [1.807, 2.05) is 0 Å². The third kappa shape index (κ3) is 6.69. The first-order valence-corrected chi connectivity index (χ1v) is 22.3. The number of aryl methyl sites for hydroxylation is 4. The van der Waals surface area contributed by atoms with Crippen molar-refractivity contribution < 1.29 is 18.3 Å². The summed E-state index contributed by atoms with van der Waals surface area (Å²) >= 11 is -0.0442. The molecule has 2 aliphatic heterocycles. The second-order valence-corrected chi connectivity index (χ2v) is 19.1. The molecule has 10 rings (SSSR count). The van der Waals surface area contributed by atoms with Crippen molar-refractivity contribution in [1.82, 2.24) is 15.0 Å². The van der Waals surface area contributed by atoms with Gasteiger partial charge in [0, 0.05) is 0 Å². The standard InChI is InChI=1S/C48H39N7Se2/c1-52-23-5-9-31(27-52)45-37-15-13-35(49-37)36-14-16-38(50-36)46(32-10-6-24-53(2)28-32)42-20-22-44(57-42)48(34-12-8-26-55(4)30-34)40-18-17-39(51-40)47(43-21-19-41(45)56-43)33-11-7-25-54(3)29-33/h5-30,49H,1-4H3/q+4. The number of nitrogens with zero attached hydrogens (tertiary/aromatic N) is 6. The summed E-state index contributed by atoms with van der Waals surface area (Å²) in [5.74, 6) is 0. The Bertz CT molecular complexity index is 3200. The Balaban J connectivity index is 1.40. The number of aromatic nitrogens is 7. The molecule has 274 valence electrons. The van der Waals surface area contributed by atoms with E-state index in [-0.39, 0.29) is 29.0 Å². The minimum absolute atomic E-state index is 0.0160. The first-order chi connectivity index (χ1) is 27.8. The van der Waals surface area contributed by atoms with Gasteiger partial charge in [0.1, 0.15) is 0 Å². The SMILES string of the molecule is C[n+]1cccc(-c2c3nc(c(-c4ccc[n+](C)c4)c4ccc([se]4)c(-c4ccc[n+](C)c4)c4ccc([nH]4)c4nc(c(-c5ccc[n+](C)c5)c5ccc2[se]5)C=C4)C=C3)c1. The Kier molecular flexibility index (Phi) is 8.96. The van der Waals surface area contributed by atoms with Crippen LogP contribution in [0.5, 0.6) is 0 Å². The molecule has 57 heavy (non-hydrogen) atoms. The van der Waals surface area contributed by atoms with Crippen LogP contribution in [-0.4, -0.2) is 44.0 Å². The summed E-state index contributed by atoms with van der Waals surface area (Å²) < 4.78 is 13.7. The number of hydrogen-bond donors (Lipinski definition) is 1. The molecule has 0 unspecified atom stereocenters. The average Bonchev–Trinajstić information content (AvgIpc) is 4.05. The quantitative estimate of drug-likeness (QED) is 0.151. The number of H-pyrrole nitrogens is 1. The Labute approximate surface area is 342 Å². The number of fused-ring (bicyclic) bond motifs is 11. The Morgan fingerprint density at radius 3 is 1.12 bits per heavy atom. The molecule has 9 heteroatoms. The van der Waals surface area contributed by atoms with Crippen molar-refractivity contribution in [3.05, 3.63) is 157 Å². The van der Waals surface area contributed by atoms with E-state index in [1.165, 1.54) is 39.3 Å². The van der Waals surface area contributed by atoms with Gasteiger partial charge in [-0.25, -0.2) is 0 Å². The van der Waals surface area contributed by atoms with Crippen molar-refractivity contribution in [3.8, 4) is 44.5 Å². The van der Waals surface area contributed by atoms with E-state index in [2.05, 4.69) is 210 Å². The van der Waals surface area contributed by atoms with Crippen molar-refractivity contribution in [3.63, 3.8) is 0 Å². The number of hydrogen-bond acceptors (Lipinski definition) is 2. The number of nitrogens with one attached hydrogen (secondary N) is 1. The van der Waals surface area contributed by atoms with Crippen molar-refractivity contribution in [2.24, 2.45) is 28.2 Å². The molecule has 10 heterocycles. The fraction of sp³-hybridized carbons (Fsp3) is 0.0833. The van der Waals surface area contributed by atoms with Crippen LogP contribution in [-0.2, 0) is 28.2 Å². The third-order valence-electron chi connectivity index (χ3n) is 10.4. The molecule has 0 atom stereocenters. The van der Waals surface area contributed by atoms with Crippen LogP contribution in [0.25, 0.3) is 96.9 Å². The summed E-state index contributed by atoms with van der Waals surface area (Å²) in [6.07, 6.45) is 26.0. The predicted octanol–water partition coefficient (Wildman–Crippen LogP) is 7.12. The third-order valence-corrected chi connectivity index (χ3v) is 15.1. The van der Waals surface area contributed by atoms with E-state index in [4.69, 9.17) is 9.97 Å². The summed E-state index contributed by atoms with van der Waals surface area (Å²) in [6, 6.07) is 31.0. The summed E-state index contributed by atoms with van der Waals surface area (Å²) in [5, 5.41) is 0. The maximum atomic E-state index is 5.56. The van der Waals surface area contributed by atoms with E-state index in [9.17, 15) is 0 Å². The molecule has 10 bridgehead atoms. The van der Waals surface area contributed by atoms with Gasteiger partial charge in [0.25, 0.3) is 0 Å². The molecule has 0 saturated carbocycles. The fourth-order valence-electron chi connectivity index (χ4n) is 7.82. The van der Waals surface area contributed by atoms with Crippen LogP contribution in [0.3, 0.4) is 0 Å². The molecular formula is C48H39N7Se2+4. The molecule has 7 nitrogen and oxygen atoms in total. The zero-order valence-corrected chi connectivity index (χ0v) is 35.4. The van der Waals surface area contributed by atoms with Gasteiger partial charge in [-0.15, -0.1) is 0 Å². The van der Waals surface area contributed by atoms with Crippen molar-refractivity contribution in [2.45, 2.75) is 0 Å². The van der Waals surface area contributed by atoms with Gasteiger partial charge in [-0.1, -0.05) is 0 Å². The van der Waals surface area contributed by atoms with Crippen LogP contribution in [0.1, 0.15) is 22.8 Å². The van der Waals surface area contributed by atoms with Crippen LogP contribution in [0.15, 0.2) is 135 Å². The van der Waals surface area contributed by atoms with E-state index in [0.717, 1.165) is 56.1 Å². The zero-order valence-electron chi connectivity index (χ0n) is 32.0. The van der Waals surface area contributed by atoms with Crippen LogP contribution >= 0.6 is 0 Å². The van der Waals surface area contributed by atoms with Crippen LogP contribution in [0.2, 0.25) is 0 Å². The molecule has 8 aromatic heterocycles. The van der Waals surface area contributed by atoms with Crippen molar-refractivity contribution in [2.75, 3.05) is 0 Å². The predicted molar refractivity (Wildman–Crippen MR) is 231 cm³/mol. The summed E-state index contributed by atoms with van der Waals surface area (Å²) in [4.78, 5) is 14.7. The summed E-state index contributed by atoms with van der Waals surface area (Å²) in [6.45, 7) is 0. The molecule has 0 amide bonds. The summed E-state index contributed by atoms with van der Waals surface area (Å²) in [7, 11) is 8.34. The van der Waals surface area contributed by atoms with E-state index >= 15 is 0 Å². The molecule has 0 saturated heterocycles. The van der Waals surface area contributed by atoms with Gasteiger partial charge in [0.05, 0.1) is 0 Å². The average molecular weight is 872 g/mol.